The molecule has 0 spiro atoms. The molecule has 2 atom stereocenters. The molecule has 1 aliphatic heterocycles. The van der Waals surface area contributed by atoms with Gasteiger partial charge in [0.25, 0.3) is 0 Å². The summed E-state index contributed by atoms with van der Waals surface area (Å²) < 4.78 is 9.13. The van der Waals surface area contributed by atoms with Crippen molar-refractivity contribution in [2.75, 3.05) is 13.1 Å². The van der Waals surface area contributed by atoms with Crippen molar-refractivity contribution in [1.29, 1.82) is 0 Å². The van der Waals surface area contributed by atoms with Crippen LogP contribution in [0.2, 0.25) is 0 Å². The second kappa shape index (κ2) is 7.17. The summed E-state index contributed by atoms with van der Waals surface area (Å²) >= 11 is 0. The number of esters is 1. The van der Waals surface area contributed by atoms with Gasteiger partial charge in [-0.2, -0.15) is 0 Å². The van der Waals surface area contributed by atoms with E-state index in [1.165, 1.54) is 0 Å². The number of likely N-dealkylation sites (tertiary alicyclic amines) is 1. The van der Waals surface area contributed by atoms with Gasteiger partial charge in [-0.25, -0.2) is 4.79 Å². The van der Waals surface area contributed by atoms with Gasteiger partial charge in [0.2, 0.25) is 5.91 Å². The molecule has 0 unspecified atom stereocenters. The number of carbonyl (C=O) groups excluding carboxylic acids is 2. The van der Waals surface area contributed by atoms with Crippen LogP contribution in [0.25, 0.3) is 11.0 Å². The zero-order valence-corrected chi connectivity index (χ0v) is 16.4. The van der Waals surface area contributed by atoms with Crippen LogP contribution in [0.4, 0.5) is 0 Å². The molecule has 26 heavy (non-hydrogen) atoms. The Kier molecular flexibility index (Phi) is 5.12. The van der Waals surface area contributed by atoms with Gasteiger partial charge in [-0.05, 0) is 44.2 Å². The highest BCUT2D eigenvalue weighted by Crippen LogP contribution is 2.24. The topological polar surface area (TPSA) is 56.5 Å². The lowest BCUT2D eigenvalue weighted by molar-refractivity contribution is -0.134. The van der Waals surface area contributed by atoms with Gasteiger partial charge in [0.05, 0.1) is 17.1 Å². The van der Waals surface area contributed by atoms with E-state index in [2.05, 4.69) is 13.8 Å². The molecule has 3 rings (SSSR count). The maximum absolute atomic E-state index is 13.0. The fraction of sp³-hybridized carbons (Fsp3) is 0.600. The molecule has 2 aromatic heterocycles. The highest BCUT2D eigenvalue weighted by Gasteiger charge is 2.27. The minimum atomic E-state index is -0.385. The van der Waals surface area contributed by atoms with Crippen molar-refractivity contribution in [2.24, 2.45) is 18.9 Å². The predicted molar refractivity (Wildman–Crippen MR) is 101 cm³/mol. The quantitative estimate of drug-likeness (QED) is 0.789. The molecule has 6 heteroatoms. The molecule has 6 nitrogen and oxygen atoms in total. The van der Waals surface area contributed by atoms with Crippen LogP contribution >= 0.6 is 0 Å². The number of aromatic nitrogens is 2. The molecule has 1 fully saturated rings. The zero-order valence-electron chi connectivity index (χ0n) is 16.4. The Morgan fingerprint density at radius 2 is 1.85 bits per heavy atom. The van der Waals surface area contributed by atoms with Crippen molar-refractivity contribution in [3.63, 3.8) is 0 Å². The highest BCUT2D eigenvalue weighted by atomic mass is 16.5. The van der Waals surface area contributed by atoms with E-state index < -0.39 is 0 Å². The third-order valence-corrected chi connectivity index (χ3v) is 5.02. The number of nitrogens with zero attached hydrogens (tertiary/aromatic N) is 3. The lowest BCUT2D eigenvalue weighted by atomic mass is 9.92. The minimum Gasteiger partial charge on any atom is -0.458 e. The first-order chi connectivity index (χ1) is 12.3. The van der Waals surface area contributed by atoms with Gasteiger partial charge in [-0.3, -0.25) is 4.79 Å². The van der Waals surface area contributed by atoms with E-state index in [1.807, 2.05) is 48.7 Å². The Bertz CT molecular complexity index is 808. The third-order valence-electron chi connectivity index (χ3n) is 5.02. The van der Waals surface area contributed by atoms with E-state index in [-0.39, 0.29) is 24.5 Å². The van der Waals surface area contributed by atoms with Crippen LogP contribution in [0, 0.1) is 11.8 Å². The fourth-order valence-electron chi connectivity index (χ4n) is 3.99. The largest absolute Gasteiger partial charge is 0.458 e. The van der Waals surface area contributed by atoms with Crippen LogP contribution in [0.15, 0.2) is 18.3 Å². The van der Waals surface area contributed by atoms with Gasteiger partial charge in [0.15, 0.2) is 0 Å². The number of fused-ring (bicyclic) bond motifs is 1. The fourth-order valence-corrected chi connectivity index (χ4v) is 3.99. The minimum absolute atomic E-state index is 0.0587. The molecule has 1 amide bonds. The molecule has 0 saturated carbocycles. The summed E-state index contributed by atoms with van der Waals surface area (Å²) in [5.41, 5.74) is 2.25. The Hall–Kier alpha value is -2.24. The normalized spacial score (nSPS) is 20.8. The second-order valence-electron chi connectivity index (χ2n) is 8.01. The summed E-state index contributed by atoms with van der Waals surface area (Å²) in [4.78, 5) is 27.4. The van der Waals surface area contributed by atoms with Crippen LogP contribution in [-0.2, 0) is 23.1 Å². The lowest BCUT2D eigenvalue weighted by Gasteiger charge is -2.35. The summed E-state index contributed by atoms with van der Waals surface area (Å²) in [5, 5.41) is 0. The van der Waals surface area contributed by atoms with Crippen molar-refractivity contribution in [3.05, 3.63) is 24.0 Å². The maximum atomic E-state index is 13.0. The summed E-state index contributed by atoms with van der Waals surface area (Å²) in [6, 6.07) is 3.75. The summed E-state index contributed by atoms with van der Waals surface area (Å²) in [7, 11) is 1.93. The Morgan fingerprint density at radius 1 is 1.19 bits per heavy atom. The molecule has 1 aliphatic rings. The standard InChI is InChI=1S/C20H29N3O3/c1-13(2)26-20(25)18-9-17-16(6-7-21(17)5)23(18)12-19(24)22-10-14(3)8-15(4)11-22/h6-7,9,13-15H,8,10-12H2,1-5H3/t14-,15-/m1/s1. The maximum Gasteiger partial charge on any atom is 0.355 e. The molecule has 142 valence electrons. The SMILES string of the molecule is CC(C)OC(=O)c1cc2c(ccn2C)n1CC(=O)N1C[C@H](C)C[C@@H](C)C1. The summed E-state index contributed by atoms with van der Waals surface area (Å²) in [6.45, 7) is 9.76. The molecule has 0 aliphatic carbocycles. The Balaban J connectivity index is 1.90. The average molecular weight is 359 g/mol. The van der Waals surface area contributed by atoms with Gasteiger partial charge in [-0.15, -0.1) is 0 Å². The smallest absolute Gasteiger partial charge is 0.355 e. The molecule has 3 heterocycles. The van der Waals surface area contributed by atoms with E-state index in [9.17, 15) is 9.59 Å². The van der Waals surface area contributed by atoms with E-state index >= 15 is 0 Å². The van der Waals surface area contributed by atoms with Crippen molar-refractivity contribution < 1.29 is 14.3 Å². The molecule has 1 saturated heterocycles. The van der Waals surface area contributed by atoms with Crippen LogP contribution in [0.5, 0.6) is 0 Å². The number of amides is 1. The molecule has 0 radical (unpaired) electrons. The zero-order chi connectivity index (χ0) is 19.0. The van der Waals surface area contributed by atoms with E-state index in [0.29, 0.717) is 17.5 Å². The van der Waals surface area contributed by atoms with Crippen LogP contribution in [0.1, 0.15) is 44.6 Å². The second-order valence-corrected chi connectivity index (χ2v) is 8.01. The molecular weight excluding hydrogens is 330 g/mol. The lowest BCUT2D eigenvalue weighted by Crippen LogP contribution is -2.44. The van der Waals surface area contributed by atoms with E-state index in [0.717, 1.165) is 30.5 Å². The number of rotatable bonds is 4. The van der Waals surface area contributed by atoms with Gasteiger partial charge in [0.1, 0.15) is 12.2 Å². The van der Waals surface area contributed by atoms with Crippen LogP contribution in [-0.4, -0.2) is 45.1 Å². The predicted octanol–water partition coefficient (Wildman–Crippen LogP) is 3.05. The first-order valence-corrected chi connectivity index (χ1v) is 9.39. The molecule has 0 aromatic carbocycles. The molecule has 0 N–H and O–H groups in total. The Morgan fingerprint density at radius 3 is 2.46 bits per heavy atom. The molecule has 0 bridgehead atoms. The monoisotopic (exact) mass is 359 g/mol. The summed E-state index contributed by atoms with van der Waals surface area (Å²) in [6.07, 6.45) is 2.89. The van der Waals surface area contributed by atoms with Crippen molar-refractivity contribution in [2.45, 2.75) is 46.8 Å². The van der Waals surface area contributed by atoms with Gasteiger partial charge < -0.3 is 18.8 Å². The van der Waals surface area contributed by atoms with Crippen LogP contribution in [0.3, 0.4) is 0 Å². The number of aryl methyl sites for hydroxylation is 1. The van der Waals surface area contributed by atoms with Gasteiger partial charge in [-0.1, -0.05) is 13.8 Å². The highest BCUT2D eigenvalue weighted by molar-refractivity contribution is 5.96. The van der Waals surface area contributed by atoms with Gasteiger partial charge in [0, 0.05) is 26.3 Å². The molecule has 2 aromatic rings. The average Bonchev–Trinajstić information content (AvgIpc) is 3.07. The number of hydrogen-bond donors (Lipinski definition) is 0. The van der Waals surface area contributed by atoms with Gasteiger partial charge >= 0.3 is 5.97 Å². The van der Waals surface area contributed by atoms with Crippen molar-refractivity contribution >= 4 is 22.9 Å². The number of carbonyl (C=O) groups is 2. The number of hydrogen-bond acceptors (Lipinski definition) is 3. The number of ether oxygens (including phenoxy) is 1. The van der Waals surface area contributed by atoms with E-state index in [1.54, 1.807) is 4.57 Å². The first-order valence-electron chi connectivity index (χ1n) is 9.39. The summed E-state index contributed by atoms with van der Waals surface area (Å²) in [5.74, 6) is 0.691. The number of piperidine rings is 1. The third kappa shape index (κ3) is 3.64. The first kappa shape index (κ1) is 18.5. The van der Waals surface area contributed by atoms with E-state index in [4.69, 9.17) is 4.74 Å². The van der Waals surface area contributed by atoms with Crippen LogP contribution < -0.4 is 0 Å². The van der Waals surface area contributed by atoms with Crippen molar-refractivity contribution in [3.8, 4) is 0 Å². The Labute approximate surface area is 154 Å². The molecular formula is C20H29N3O3. The van der Waals surface area contributed by atoms with Crippen molar-refractivity contribution in [1.82, 2.24) is 14.0 Å².